The molecule has 1 aliphatic rings. The molecule has 7 heteroatoms. The number of carbonyl (C=O) groups excluding carboxylic acids is 1. The van der Waals surface area contributed by atoms with E-state index in [2.05, 4.69) is 15.4 Å². The van der Waals surface area contributed by atoms with Gasteiger partial charge in [0, 0.05) is 13.1 Å². The van der Waals surface area contributed by atoms with Crippen LogP contribution in [-0.2, 0) is 14.8 Å². The molecule has 6 nitrogen and oxygen atoms in total. The second-order valence-corrected chi connectivity index (χ2v) is 6.75. The lowest BCUT2D eigenvalue weighted by Crippen LogP contribution is -2.51. The lowest BCUT2D eigenvalue weighted by molar-refractivity contribution is -0.127. The van der Waals surface area contributed by atoms with Gasteiger partial charge in [0.05, 0.1) is 16.9 Å². The van der Waals surface area contributed by atoms with Gasteiger partial charge in [-0.2, -0.15) is 0 Å². The van der Waals surface area contributed by atoms with Crippen LogP contribution in [0.4, 0.5) is 0 Å². The molecule has 20 heavy (non-hydrogen) atoms. The molecule has 0 radical (unpaired) electrons. The molecule has 0 spiro atoms. The molecule has 1 aliphatic heterocycles. The maximum Gasteiger partial charge on any atom is 0.240 e. The smallest absolute Gasteiger partial charge is 0.240 e. The molecule has 3 N–H and O–H groups in total. The third-order valence-electron chi connectivity index (χ3n) is 3.47. The lowest BCUT2D eigenvalue weighted by atomic mass is 10.0. The monoisotopic (exact) mass is 297 g/mol. The molecule has 0 bridgehead atoms. The highest BCUT2D eigenvalue weighted by Crippen LogP contribution is 2.17. The van der Waals surface area contributed by atoms with Gasteiger partial charge in [0.25, 0.3) is 0 Å². The summed E-state index contributed by atoms with van der Waals surface area (Å²) in [7, 11) is -2.04. The van der Waals surface area contributed by atoms with Gasteiger partial charge < -0.3 is 10.6 Å². The summed E-state index contributed by atoms with van der Waals surface area (Å²) in [6, 6.07) is 6.36. The van der Waals surface area contributed by atoms with Crippen molar-refractivity contribution in [1.82, 2.24) is 15.4 Å². The van der Waals surface area contributed by atoms with Gasteiger partial charge in [-0.3, -0.25) is 4.79 Å². The van der Waals surface area contributed by atoms with Crippen LogP contribution in [0, 0.1) is 5.92 Å². The fourth-order valence-electron chi connectivity index (χ4n) is 1.94. The molecule has 1 saturated heterocycles. The maximum atomic E-state index is 11.8. The van der Waals surface area contributed by atoms with E-state index in [0.717, 1.165) is 18.7 Å². The van der Waals surface area contributed by atoms with Crippen LogP contribution in [0.25, 0.3) is 0 Å². The molecule has 1 heterocycles. The molecule has 0 saturated carbocycles. The van der Waals surface area contributed by atoms with Crippen LogP contribution >= 0.6 is 0 Å². The second-order valence-electron chi connectivity index (χ2n) is 4.86. The zero-order valence-corrected chi connectivity index (χ0v) is 12.3. The van der Waals surface area contributed by atoms with Crippen molar-refractivity contribution in [3.63, 3.8) is 0 Å². The quantitative estimate of drug-likeness (QED) is 0.713. The highest BCUT2D eigenvalue weighted by Gasteiger charge is 2.25. The summed E-state index contributed by atoms with van der Waals surface area (Å²) in [5.41, 5.74) is 0.876. The van der Waals surface area contributed by atoms with E-state index in [1.807, 2.05) is 6.92 Å². The molecule has 1 aromatic rings. The van der Waals surface area contributed by atoms with Crippen molar-refractivity contribution >= 4 is 15.9 Å². The SMILES string of the molecule is CNS(=O)(=O)c1ccc(C(C)NC(=O)C2CNC2)cc1. The Kier molecular flexibility index (Phi) is 4.42. The molecular weight excluding hydrogens is 278 g/mol. The van der Waals surface area contributed by atoms with Gasteiger partial charge in [0.2, 0.25) is 15.9 Å². The van der Waals surface area contributed by atoms with Crippen LogP contribution in [0.3, 0.4) is 0 Å². The fraction of sp³-hybridized carbons (Fsp3) is 0.462. The third kappa shape index (κ3) is 3.17. The maximum absolute atomic E-state index is 11.8. The van der Waals surface area contributed by atoms with E-state index in [4.69, 9.17) is 0 Å². The average Bonchev–Trinajstić information content (AvgIpc) is 2.36. The Morgan fingerprint density at radius 1 is 1.30 bits per heavy atom. The molecule has 2 rings (SSSR count). The Morgan fingerprint density at radius 2 is 1.90 bits per heavy atom. The first kappa shape index (κ1) is 15.0. The predicted octanol–water partition coefficient (Wildman–Crippen LogP) is -0.00870. The summed E-state index contributed by atoms with van der Waals surface area (Å²) in [4.78, 5) is 12.0. The van der Waals surface area contributed by atoms with E-state index >= 15 is 0 Å². The predicted molar refractivity (Wildman–Crippen MR) is 75.6 cm³/mol. The number of rotatable bonds is 5. The van der Waals surface area contributed by atoms with Crippen molar-refractivity contribution < 1.29 is 13.2 Å². The van der Waals surface area contributed by atoms with Gasteiger partial charge in [-0.1, -0.05) is 12.1 Å². The topological polar surface area (TPSA) is 87.3 Å². The van der Waals surface area contributed by atoms with Crippen molar-refractivity contribution in [2.75, 3.05) is 20.1 Å². The molecule has 0 aromatic heterocycles. The number of sulfonamides is 1. The molecular formula is C13H19N3O3S. The minimum Gasteiger partial charge on any atom is -0.349 e. The Hall–Kier alpha value is -1.44. The van der Waals surface area contributed by atoms with Crippen LogP contribution < -0.4 is 15.4 Å². The van der Waals surface area contributed by atoms with Crippen LogP contribution in [0.2, 0.25) is 0 Å². The van der Waals surface area contributed by atoms with E-state index in [1.54, 1.807) is 12.1 Å². The first-order valence-corrected chi connectivity index (χ1v) is 7.97. The van der Waals surface area contributed by atoms with Gasteiger partial charge in [0.1, 0.15) is 0 Å². The van der Waals surface area contributed by atoms with Gasteiger partial charge in [-0.25, -0.2) is 13.1 Å². The molecule has 0 aliphatic carbocycles. The van der Waals surface area contributed by atoms with E-state index in [0.29, 0.717) is 0 Å². The third-order valence-corrected chi connectivity index (χ3v) is 4.90. The minimum atomic E-state index is -3.42. The minimum absolute atomic E-state index is 0.0307. The van der Waals surface area contributed by atoms with Crippen LogP contribution in [-0.4, -0.2) is 34.5 Å². The molecule has 110 valence electrons. The van der Waals surface area contributed by atoms with Crippen LogP contribution in [0.5, 0.6) is 0 Å². The van der Waals surface area contributed by atoms with Crippen molar-refractivity contribution in [3.8, 4) is 0 Å². The van der Waals surface area contributed by atoms with Crippen LogP contribution in [0.15, 0.2) is 29.2 Å². The van der Waals surface area contributed by atoms with E-state index in [9.17, 15) is 13.2 Å². The normalized spacial score (nSPS) is 17.3. The number of benzene rings is 1. The first-order valence-electron chi connectivity index (χ1n) is 6.48. The zero-order chi connectivity index (χ0) is 14.8. The van der Waals surface area contributed by atoms with Gasteiger partial charge in [-0.15, -0.1) is 0 Å². The Balaban J connectivity index is 2.03. The van der Waals surface area contributed by atoms with Crippen molar-refractivity contribution in [2.24, 2.45) is 5.92 Å². The number of hydrogen-bond acceptors (Lipinski definition) is 4. The summed E-state index contributed by atoms with van der Waals surface area (Å²) < 4.78 is 25.5. The van der Waals surface area contributed by atoms with Gasteiger partial charge in [0.15, 0.2) is 0 Å². The highest BCUT2D eigenvalue weighted by atomic mass is 32.2. The van der Waals surface area contributed by atoms with Gasteiger partial charge >= 0.3 is 0 Å². The number of amides is 1. The molecule has 1 fully saturated rings. The number of carbonyl (C=O) groups is 1. The number of hydrogen-bond donors (Lipinski definition) is 3. The Morgan fingerprint density at radius 3 is 2.35 bits per heavy atom. The molecule has 1 unspecified atom stereocenters. The van der Waals surface area contributed by atoms with E-state index < -0.39 is 10.0 Å². The van der Waals surface area contributed by atoms with Crippen molar-refractivity contribution in [1.29, 1.82) is 0 Å². The van der Waals surface area contributed by atoms with E-state index in [1.165, 1.54) is 19.2 Å². The second kappa shape index (κ2) is 5.90. The van der Waals surface area contributed by atoms with Crippen molar-refractivity contribution in [2.45, 2.75) is 17.9 Å². The summed E-state index contributed by atoms with van der Waals surface area (Å²) in [5, 5.41) is 5.98. The van der Waals surface area contributed by atoms with Crippen LogP contribution in [0.1, 0.15) is 18.5 Å². The summed E-state index contributed by atoms with van der Waals surface area (Å²) in [6.07, 6.45) is 0. The lowest BCUT2D eigenvalue weighted by Gasteiger charge is -2.27. The zero-order valence-electron chi connectivity index (χ0n) is 11.5. The standard InChI is InChI=1S/C13H19N3O3S/c1-9(16-13(17)11-7-15-8-11)10-3-5-12(6-4-10)20(18,19)14-2/h3-6,9,11,14-15H,7-8H2,1-2H3,(H,16,17). The highest BCUT2D eigenvalue weighted by molar-refractivity contribution is 7.89. The first-order chi connectivity index (χ1) is 9.44. The largest absolute Gasteiger partial charge is 0.349 e. The molecule has 1 aromatic carbocycles. The van der Waals surface area contributed by atoms with Gasteiger partial charge in [-0.05, 0) is 31.7 Å². The van der Waals surface area contributed by atoms with E-state index in [-0.39, 0.29) is 22.8 Å². The average molecular weight is 297 g/mol. The molecule has 1 amide bonds. The molecule has 1 atom stereocenters. The summed E-state index contributed by atoms with van der Waals surface area (Å²) in [6.45, 7) is 3.32. The Bertz CT molecular complexity index is 579. The summed E-state index contributed by atoms with van der Waals surface area (Å²) >= 11 is 0. The van der Waals surface area contributed by atoms with Crippen molar-refractivity contribution in [3.05, 3.63) is 29.8 Å². The Labute approximate surface area is 119 Å². The fourth-order valence-corrected chi connectivity index (χ4v) is 2.67. The number of nitrogens with one attached hydrogen (secondary N) is 3. The summed E-state index contributed by atoms with van der Waals surface area (Å²) in [5.74, 6) is 0.0737.